The Morgan fingerprint density at radius 2 is 1.93 bits per heavy atom. The van der Waals surface area contributed by atoms with E-state index in [-0.39, 0.29) is 11.5 Å². The Morgan fingerprint density at radius 1 is 1.33 bits per heavy atom. The first-order chi connectivity index (χ1) is 7.02. The second-order valence-electron chi connectivity index (χ2n) is 3.07. The van der Waals surface area contributed by atoms with Crippen molar-refractivity contribution >= 4 is 23.4 Å². The number of alkyl halides is 1. The first-order valence-corrected chi connectivity index (χ1v) is 4.91. The Morgan fingerprint density at radius 3 is 2.47 bits per heavy atom. The van der Waals surface area contributed by atoms with E-state index in [0.29, 0.717) is 5.56 Å². The summed E-state index contributed by atoms with van der Waals surface area (Å²) < 4.78 is 4.90. The topological polar surface area (TPSA) is 43.4 Å². The maximum absolute atomic E-state index is 11.6. The Kier molecular flexibility index (Phi) is 3.86. The molecule has 0 bridgehead atoms. The largest absolute Gasteiger partial charge is 0.426 e. The van der Waals surface area contributed by atoms with Gasteiger partial charge in [0, 0.05) is 6.92 Å². The van der Waals surface area contributed by atoms with Crippen molar-refractivity contribution in [1.82, 2.24) is 0 Å². The van der Waals surface area contributed by atoms with Gasteiger partial charge in [-0.2, -0.15) is 0 Å². The van der Waals surface area contributed by atoms with Gasteiger partial charge in [-0.3, -0.25) is 9.59 Å². The summed E-state index contributed by atoms with van der Waals surface area (Å²) in [5.74, 6) is -0.464. The van der Waals surface area contributed by atoms with Crippen LogP contribution < -0.4 is 4.74 Å². The van der Waals surface area contributed by atoms with Gasteiger partial charge in [-0.15, -0.1) is 11.6 Å². The molecule has 80 valence electrons. The van der Waals surface area contributed by atoms with Crippen molar-refractivity contribution in [2.24, 2.45) is 0 Å². The minimum atomic E-state index is -0.637. The fourth-order valence-corrected chi connectivity index (χ4v) is 1.25. The number of ketones is 1. The monoisotopic (exact) mass is 226 g/mol. The Bertz CT molecular complexity index is 385. The zero-order valence-electron chi connectivity index (χ0n) is 8.49. The number of hydrogen-bond acceptors (Lipinski definition) is 3. The van der Waals surface area contributed by atoms with Crippen LogP contribution in [0.2, 0.25) is 0 Å². The van der Waals surface area contributed by atoms with Gasteiger partial charge >= 0.3 is 5.97 Å². The molecule has 0 spiro atoms. The zero-order valence-corrected chi connectivity index (χ0v) is 9.25. The lowest BCUT2D eigenvalue weighted by atomic mass is 10.1. The number of esters is 1. The quantitative estimate of drug-likeness (QED) is 0.344. The lowest BCUT2D eigenvalue weighted by Gasteiger charge is -2.08. The number of carbonyl (C=O) groups is 2. The first kappa shape index (κ1) is 11.7. The fraction of sp³-hybridized carbons (Fsp3) is 0.273. The third-order valence-corrected chi connectivity index (χ3v) is 1.97. The van der Waals surface area contributed by atoms with Crippen LogP contribution >= 0.6 is 11.6 Å². The molecule has 0 aliphatic rings. The molecular formula is C11H11ClO3. The molecule has 0 aliphatic heterocycles. The number of hydrogen-bond donors (Lipinski definition) is 0. The molecule has 1 rings (SSSR count). The van der Waals surface area contributed by atoms with Gasteiger partial charge in [0.1, 0.15) is 5.75 Å². The van der Waals surface area contributed by atoms with Gasteiger partial charge in [0.25, 0.3) is 0 Å². The molecule has 1 unspecified atom stereocenters. The lowest BCUT2D eigenvalue weighted by Crippen LogP contribution is -2.13. The van der Waals surface area contributed by atoms with Crippen LogP contribution in [-0.4, -0.2) is 17.1 Å². The summed E-state index contributed by atoms with van der Waals surface area (Å²) in [5.41, 5.74) is 0.329. The van der Waals surface area contributed by atoms with Gasteiger partial charge in [0.05, 0.1) is 10.9 Å². The number of benzene rings is 1. The van der Waals surface area contributed by atoms with E-state index in [0.717, 1.165) is 0 Å². The van der Waals surface area contributed by atoms with Crippen molar-refractivity contribution in [3.63, 3.8) is 0 Å². The average molecular weight is 227 g/mol. The standard InChI is InChI=1S/C11H11ClO3/c1-7(12)11(14)9-5-3-4-6-10(9)15-8(2)13/h3-7H,1-2H3. The number of rotatable bonds is 3. The highest BCUT2D eigenvalue weighted by Crippen LogP contribution is 2.21. The van der Waals surface area contributed by atoms with Crippen molar-refractivity contribution in [2.75, 3.05) is 0 Å². The predicted molar refractivity (Wildman–Crippen MR) is 57.4 cm³/mol. The van der Waals surface area contributed by atoms with Crippen LogP contribution in [0.3, 0.4) is 0 Å². The summed E-state index contributed by atoms with van der Waals surface area (Å²) in [6, 6.07) is 6.53. The van der Waals surface area contributed by atoms with Crippen molar-refractivity contribution in [3.05, 3.63) is 29.8 Å². The molecule has 0 heterocycles. The normalized spacial score (nSPS) is 11.9. The smallest absolute Gasteiger partial charge is 0.308 e. The fourth-order valence-electron chi connectivity index (χ4n) is 1.13. The second-order valence-corrected chi connectivity index (χ2v) is 3.72. The van der Waals surface area contributed by atoms with Crippen molar-refractivity contribution < 1.29 is 14.3 Å². The van der Waals surface area contributed by atoms with Gasteiger partial charge < -0.3 is 4.74 Å². The average Bonchev–Trinajstić information content (AvgIpc) is 2.16. The number of Topliss-reactive ketones (excluding diaryl/α,β-unsaturated/α-hetero) is 1. The number of para-hydroxylation sites is 1. The summed E-state index contributed by atoms with van der Waals surface area (Å²) in [6.07, 6.45) is 0. The second kappa shape index (κ2) is 4.94. The van der Waals surface area contributed by atoms with Gasteiger partial charge in [-0.25, -0.2) is 0 Å². The molecule has 0 radical (unpaired) electrons. The molecular weight excluding hydrogens is 216 g/mol. The van der Waals surface area contributed by atoms with E-state index in [1.807, 2.05) is 0 Å². The van der Waals surface area contributed by atoms with Crippen LogP contribution in [0.1, 0.15) is 24.2 Å². The number of halogens is 1. The molecule has 0 aliphatic carbocycles. The predicted octanol–water partition coefficient (Wildman–Crippen LogP) is 2.42. The number of ether oxygens (including phenoxy) is 1. The molecule has 0 saturated carbocycles. The van der Waals surface area contributed by atoms with Crippen LogP contribution in [0.15, 0.2) is 24.3 Å². The van der Waals surface area contributed by atoms with E-state index in [4.69, 9.17) is 16.3 Å². The molecule has 1 aromatic rings. The first-order valence-electron chi connectivity index (χ1n) is 4.48. The molecule has 0 amide bonds. The maximum atomic E-state index is 11.6. The molecule has 1 atom stereocenters. The van der Waals surface area contributed by atoms with Crippen LogP contribution in [0.4, 0.5) is 0 Å². The van der Waals surface area contributed by atoms with E-state index < -0.39 is 11.3 Å². The van der Waals surface area contributed by atoms with Crippen LogP contribution in [0.5, 0.6) is 5.75 Å². The molecule has 3 nitrogen and oxygen atoms in total. The van der Waals surface area contributed by atoms with Crippen LogP contribution in [0, 0.1) is 0 Å². The minimum Gasteiger partial charge on any atom is -0.426 e. The van der Waals surface area contributed by atoms with Gasteiger partial charge in [-0.05, 0) is 19.1 Å². The molecule has 1 aromatic carbocycles. The molecule has 0 saturated heterocycles. The van der Waals surface area contributed by atoms with Gasteiger partial charge in [0.15, 0.2) is 5.78 Å². The van der Waals surface area contributed by atoms with Crippen molar-refractivity contribution in [1.29, 1.82) is 0 Å². The summed E-state index contributed by atoms with van der Waals surface area (Å²) in [7, 11) is 0. The van der Waals surface area contributed by atoms with Gasteiger partial charge in [-0.1, -0.05) is 12.1 Å². The highest BCUT2D eigenvalue weighted by Gasteiger charge is 2.17. The van der Waals surface area contributed by atoms with Gasteiger partial charge in [0.2, 0.25) is 0 Å². The van der Waals surface area contributed by atoms with E-state index in [1.54, 1.807) is 31.2 Å². The lowest BCUT2D eigenvalue weighted by molar-refractivity contribution is -0.131. The van der Waals surface area contributed by atoms with Crippen LogP contribution in [-0.2, 0) is 4.79 Å². The summed E-state index contributed by atoms with van der Waals surface area (Å²) >= 11 is 5.68. The number of carbonyl (C=O) groups excluding carboxylic acids is 2. The van der Waals surface area contributed by atoms with Crippen molar-refractivity contribution in [2.45, 2.75) is 19.2 Å². The highest BCUT2D eigenvalue weighted by molar-refractivity contribution is 6.33. The summed E-state index contributed by atoms with van der Waals surface area (Å²) in [4.78, 5) is 22.4. The third-order valence-electron chi connectivity index (χ3n) is 1.77. The molecule has 0 fully saturated rings. The minimum absolute atomic E-state index is 0.252. The van der Waals surface area contributed by atoms with E-state index in [1.165, 1.54) is 6.92 Å². The highest BCUT2D eigenvalue weighted by atomic mass is 35.5. The van der Waals surface area contributed by atoms with E-state index in [9.17, 15) is 9.59 Å². The summed E-state index contributed by atoms with van der Waals surface area (Å²) in [5, 5.41) is -0.637. The Labute approximate surface area is 93.0 Å². The Hall–Kier alpha value is -1.35. The molecule has 0 aromatic heterocycles. The SMILES string of the molecule is CC(=O)Oc1ccccc1C(=O)C(C)Cl. The van der Waals surface area contributed by atoms with Crippen molar-refractivity contribution in [3.8, 4) is 5.75 Å². The maximum Gasteiger partial charge on any atom is 0.308 e. The zero-order chi connectivity index (χ0) is 11.4. The third kappa shape index (κ3) is 3.06. The van der Waals surface area contributed by atoms with Crippen LogP contribution in [0.25, 0.3) is 0 Å². The molecule has 4 heteroatoms. The summed E-state index contributed by atoms with van der Waals surface area (Å²) in [6.45, 7) is 2.86. The molecule has 15 heavy (non-hydrogen) atoms. The molecule has 0 N–H and O–H groups in total. The van der Waals surface area contributed by atoms with E-state index in [2.05, 4.69) is 0 Å². The Balaban J connectivity index is 3.06. The van der Waals surface area contributed by atoms with E-state index >= 15 is 0 Å².